The van der Waals surface area contributed by atoms with Gasteiger partial charge in [0.05, 0.1) is 17.3 Å². The molecule has 2 bridgehead atoms. The molecule has 5 rings (SSSR count). The molecule has 160 valence electrons. The molecule has 7 nitrogen and oxygen atoms in total. The van der Waals surface area contributed by atoms with Gasteiger partial charge in [-0.3, -0.25) is 14.7 Å². The van der Waals surface area contributed by atoms with Gasteiger partial charge in [-0.25, -0.2) is 4.98 Å². The quantitative estimate of drug-likeness (QED) is 0.789. The second-order valence-electron chi connectivity index (χ2n) is 9.32. The molecule has 0 radical (unpaired) electrons. The van der Waals surface area contributed by atoms with Crippen molar-refractivity contribution >= 4 is 5.91 Å². The summed E-state index contributed by atoms with van der Waals surface area (Å²) < 4.78 is 8.63. The van der Waals surface area contributed by atoms with Gasteiger partial charge in [0.25, 0.3) is 5.91 Å². The van der Waals surface area contributed by atoms with E-state index >= 15 is 0 Å². The molecule has 1 amide bonds. The summed E-state index contributed by atoms with van der Waals surface area (Å²) in [5, 5.41) is 3.18. The standard InChI is InChI=1S/C23H31N5O2/c1-15-10-16(2)25-11-17(15)22(29)26-12-18-19-13-28(8-5-21-24-7-9-27(21)3)14-23(19)6-4-20(18)30-23/h7,9-11,18-20H,4-6,8,12-14H2,1-3H3,(H,26,29)/t18-,19+,20+,23+/m0/s1. The van der Waals surface area contributed by atoms with Crippen molar-refractivity contribution in [3.63, 3.8) is 0 Å². The number of hydrogen-bond donors (Lipinski definition) is 1. The van der Waals surface area contributed by atoms with Crippen molar-refractivity contribution < 1.29 is 9.53 Å². The van der Waals surface area contributed by atoms with Crippen molar-refractivity contribution in [2.45, 2.75) is 44.8 Å². The number of carbonyl (C=O) groups excluding carboxylic acids is 1. The Bertz CT molecular complexity index is 957. The summed E-state index contributed by atoms with van der Waals surface area (Å²) in [6.45, 7) is 7.65. The lowest BCUT2D eigenvalue weighted by molar-refractivity contribution is 0.00281. The van der Waals surface area contributed by atoms with Gasteiger partial charge in [0.15, 0.2) is 0 Å². The highest BCUT2D eigenvalue weighted by Crippen LogP contribution is 2.54. The maximum atomic E-state index is 12.7. The third kappa shape index (κ3) is 3.34. The number of aryl methyl sites for hydroxylation is 3. The summed E-state index contributed by atoms with van der Waals surface area (Å²) >= 11 is 0. The van der Waals surface area contributed by atoms with Crippen LogP contribution in [0.4, 0.5) is 0 Å². The number of rotatable bonds is 6. The average Bonchev–Trinajstić information content (AvgIpc) is 3.45. The number of carbonyl (C=O) groups is 1. The van der Waals surface area contributed by atoms with Crippen LogP contribution in [0, 0.1) is 25.7 Å². The zero-order chi connectivity index (χ0) is 20.9. The van der Waals surface area contributed by atoms with E-state index in [1.54, 1.807) is 6.20 Å². The Labute approximate surface area is 177 Å². The molecule has 3 fully saturated rings. The first-order valence-electron chi connectivity index (χ1n) is 11.0. The van der Waals surface area contributed by atoms with Crippen LogP contribution < -0.4 is 5.32 Å². The van der Waals surface area contributed by atoms with Crippen LogP contribution in [0.3, 0.4) is 0 Å². The van der Waals surface area contributed by atoms with Gasteiger partial charge in [0, 0.05) is 75.8 Å². The Kier molecular flexibility index (Phi) is 4.90. The normalized spacial score (nSPS) is 30.0. The predicted octanol–water partition coefficient (Wildman–Crippen LogP) is 1.88. The van der Waals surface area contributed by atoms with Crippen LogP contribution in [0.2, 0.25) is 0 Å². The molecular weight excluding hydrogens is 378 g/mol. The van der Waals surface area contributed by atoms with Crippen molar-refractivity contribution in [1.82, 2.24) is 24.8 Å². The molecule has 5 heterocycles. The first-order chi connectivity index (χ1) is 14.4. The Morgan fingerprint density at radius 1 is 1.37 bits per heavy atom. The summed E-state index contributed by atoms with van der Waals surface area (Å²) in [5.74, 6) is 1.98. The average molecular weight is 410 g/mol. The first-order valence-corrected chi connectivity index (χ1v) is 11.0. The molecule has 3 aliphatic heterocycles. The second kappa shape index (κ2) is 7.46. The first kappa shape index (κ1) is 19.7. The highest BCUT2D eigenvalue weighted by atomic mass is 16.5. The minimum atomic E-state index is -0.0264. The smallest absolute Gasteiger partial charge is 0.253 e. The van der Waals surface area contributed by atoms with Crippen LogP contribution in [0.15, 0.2) is 24.7 Å². The number of aromatic nitrogens is 3. The molecule has 7 heteroatoms. The highest BCUT2D eigenvalue weighted by Gasteiger charge is 2.62. The number of fused-ring (bicyclic) bond motifs is 1. The molecule has 0 aromatic carbocycles. The van der Waals surface area contributed by atoms with Crippen molar-refractivity contribution in [2.24, 2.45) is 18.9 Å². The van der Waals surface area contributed by atoms with Crippen LogP contribution in [-0.2, 0) is 18.2 Å². The molecule has 0 saturated carbocycles. The molecule has 3 saturated heterocycles. The maximum Gasteiger partial charge on any atom is 0.253 e. The number of hydrogen-bond acceptors (Lipinski definition) is 5. The Balaban J connectivity index is 1.22. The molecule has 4 atom stereocenters. The number of pyridine rings is 1. The SMILES string of the molecule is Cc1cc(C)c(C(=O)NC[C@H]2[C@H]3CN(CCc4nccn4C)C[C@]34CC[C@H]2O4)cn1. The number of likely N-dealkylation sites (tertiary alicyclic amines) is 1. The molecule has 30 heavy (non-hydrogen) atoms. The van der Waals surface area contributed by atoms with Crippen molar-refractivity contribution in [1.29, 1.82) is 0 Å². The lowest BCUT2D eigenvalue weighted by Crippen LogP contribution is -2.42. The summed E-state index contributed by atoms with van der Waals surface area (Å²) in [4.78, 5) is 24.0. The largest absolute Gasteiger partial charge is 0.370 e. The third-order valence-electron chi connectivity index (χ3n) is 7.42. The van der Waals surface area contributed by atoms with Gasteiger partial charge in [0.2, 0.25) is 0 Å². The van der Waals surface area contributed by atoms with Crippen LogP contribution in [0.25, 0.3) is 0 Å². The van der Waals surface area contributed by atoms with Gasteiger partial charge < -0.3 is 14.6 Å². The number of amides is 1. The van der Waals surface area contributed by atoms with E-state index in [-0.39, 0.29) is 17.6 Å². The fourth-order valence-electron chi connectivity index (χ4n) is 5.87. The molecule has 3 aliphatic rings. The van der Waals surface area contributed by atoms with Gasteiger partial charge in [0.1, 0.15) is 5.82 Å². The fraction of sp³-hybridized carbons (Fsp3) is 0.609. The Morgan fingerprint density at radius 2 is 2.23 bits per heavy atom. The number of nitrogens with zero attached hydrogens (tertiary/aromatic N) is 4. The maximum absolute atomic E-state index is 12.7. The fourth-order valence-corrected chi connectivity index (χ4v) is 5.87. The zero-order valence-corrected chi connectivity index (χ0v) is 18.1. The van der Waals surface area contributed by atoms with Crippen LogP contribution in [0.1, 0.15) is 40.3 Å². The van der Waals surface area contributed by atoms with E-state index < -0.39 is 0 Å². The van der Waals surface area contributed by atoms with Crippen molar-refractivity contribution in [3.05, 3.63) is 47.3 Å². The number of ether oxygens (including phenoxy) is 1. The van der Waals surface area contributed by atoms with Gasteiger partial charge in [-0.05, 0) is 38.3 Å². The van der Waals surface area contributed by atoms with Crippen LogP contribution in [0.5, 0.6) is 0 Å². The van der Waals surface area contributed by atoms with Crippen molar-refractivity contribution in [3.8, 4) is 0 Å². The molecule has 1 spiro atoms. The summed E-state index contributed by atoms with van der Waals surface area (Å²) in [6, 6.07) is 1.96. The van der Waals surface area contributed by atoms with E-state index in [1.165, 1.54) is 0 Å². The van der Waals surface area contributed by atoms with Crippen LogP contribution in [-0.4, -0.2) is 63.2 Å². The molecule has 2 aromatic heterocycles. The van der Waals surface area contributed by atoms with E-state index in [0.29, 0.717) is 23.9 Å². The van der Waals surface area contributed by atoms with Gasteiger partial charge >= 0.3 is 0 Å². The molecular formula is C23H31N5O2. The second-order valence-corrected chi connectivity index (χ2v) is 9.32. The molecule has 2 aromatic rings. The lowest BCUT2D eigenvalue weighted by Gasteiger charge is -2.29. The highest BCUT2D eigenvalue weighted by molar-refractivity contribution is 5.95. The minimum absolute atomic E-state index is 0.0109. The van der Waals surface area contributed by atoms with Gasteiger partial charge in [-0.15, -0.1) is 0 Å². The third-order valence-corrected chi connectivity index (χ3v) is 7.42. The molecule has 1 N–H and O–H groups in total. The molecule has 0 unspecified atom stereocenters. The zero-order valence-electron chi connectivity index (χ0n) is 18.1. The van der Waals surface area contributed by atoms with E-state index in [1.807, 2.05) is 32.3 Å². The Morgan fingerprint density at radius 3 is 3.00 bits per heavy atom. The van der Waals surface area contributed by atoms with E-state index in [4.69, 9.17) is 4.74 Å². The Hall–Kier alpha value is -2.25. The topological polar surface area (TPSA) is 72.3 Å². The monoisotopic (exact) mass is 409 g/mol. The summed E-state index contributed by atoms with van der Waals surface area (Å²) in [5.41, 5.74) is 2.57. The van der Waals surface area contributed by atoms with E-state index in [0.717, 1.165) is 56.0 Å². The number of nitrogens with one attached hydrogen (secondary N) is 1. The van der Waals surface area contributed by atoms with E-state index in [9.17, 15) is 4.79 Å². The summed E-state index contributed by atoms with van der Waals surface area (Å²) in [7, 11) is 2.05. The minimum Gasteiger partial charge on any atom is -0.370 e. The van der Waals surface area contributed by atoms with E-state index in [2.05, 4.69) is 31.8 Å². The lowest BCUT2D eigenvalue weighted by atomic mass is 9.73. The molecule has 0 aliphatic carbocycles. The number of imidazole rings is 1. The van der Waals surface area contributed by atoms with Gasteiger partial charge in [-0.1, -0.05) is 0 Å². The van der Waals surface area contributed by atoms with Gasteiger partial charge in [-0.2, -0.15) is 0 Å². The van der Waals surface area contributed by atoms with Crippen LogP contribution >= 0.6 is 0 Å². The predicted molar refractivity (Wildman–Crippen MR) is 113 cm³/mol. The summed E-state index contributed by atoms with van der Waals surface area (Å²) in [6.07, 6.45) is 9.04. The van der Waals surface area contributed by atoms with Crippen molar-refractivity contribution in [2.75, 3.05) is 26.2 Å².